The van der Waals surface area contributed by atoms with Crippen LogP contribution in [0.15, 0.2) is 16.7 Å². The van der Waals surface area contributed by atoms with Crippen LogP contribution in [0.25, 0.3) is 0 Å². The highest BCUT2D eigenvalue weighted by Crippen LogP contribution is 2.36. The molecule has 1 N–H and O–H groups in total. The Morgan fingerprint density at radius 2 is 2.08 bits per heavy atom. The smallest absolute Gasteiger partial charge is 0.390 e. The average molecular weight is 256 g/mol. The predicted molar refractivity (Wildman–Crippen MR) is 42.9 cm³/mol. The molecule has 0 spiro atoms. The zero-order valence-corrected chi connectivity index (χ0v) is 7.85. The maximum atomic E-state index is 12.3. The number of hydrogen-bond donors (Lipinski definition) is 1. The topological polar surface area (TPSA) is 33.1 Å². The fourth-order valence-electron chi connectivity index (χ4n) is 0.897. The van der Waals surface area contributed by atoms with Gasteiger partial charge in [0.1, 0.15) is 0 Å². The summed E-state index contributed by atoms with van der Waals surface area (Å²) in [5.41, 5.74) is -1.29. The van der Waals surface area contributed by atoms with E-state index in [-0.39, 0.29) is 10.2 Å². The van der Waals surface area contributed by atoms with Crippen molar-refractivity contribution < 1.29 is 18.3 Å². The van der Waals surface area contributed by atoms with Crippen LogP contribution in [0.2, 0.25) is 0 Å². The minimum Gasteiger partial charge on any atom is -0.390 e. The van der Waals surface area contributed by atoms with Gasteiger partial charge in [0.2, 0.25) is 0 Å². The van der Waals surface area contributed by atoms with Gasteiger partial charge in [0.15, 0.2) is 0 Å². The van der Waals surface area contributed by atoms with Crippen LogP contribution in [0.5, 0.6) is 0 Å². The highest BCUT2D eigenvalue weighted by molar-refractivity contribution is 9.10. The number of pyridine rings is 1. The summed E-state index contributed by atoms with van der Waals surface area (Å²) in [7, 11) is 0. The Labute approximate surface area is 80.5 Å². The quantitative estimate of drug-likeness (QED) is 0.836. The van der Waals surface area contributed by atoms with Crippen molar-refractivity contribution in [3.63, 3.8) is 0 Å². The van der Waals surface area contributed by atoms with Gasteiger partial charge in [-0.3, -0.25) is 4.98 Å². The van der Waals surface area contributed by atoms with E-state index in [1.165, 1.54) is 12.3 Å². The van der Waals surface area contributed by atoms with Crippen molar-refractivity contribution in [1.29, 1.82) is 0 Å². The molecule has 2 nitrogen and oxygen atoms in total. The molecule has 0 bridgehead atoms. The van der Waals surface area contributed by atoms with Crippen molar-refractivity contribution in [2.75, 3.05) is 0 Å². The summed E-state index contributed by atoms with van der Waals surface area (Å²) < 4.78 is 36.8. The van der Waals surface area contributed by atoms with Crippen LogP contribution in [0.3, 0.4) is 0 Å². The second-order valence-electron chi connectivity index (χ2n) is 2.27. The molecular formula is C7H5BrF3NO. The zero-order chi connectivity index (χ0) is 10.1. The molecule has 0 aliphatic rings. The first kappa shape index (κ1) is 10.5. The Kier molecular flexibility index (Phi) is 2.92. The molecule has 0 saturated carbocycles. The SMILES string of the molecule is OCc1nccc(Br)c1C(F)(F)F. The summed E-state index contributed by atoms with van der Waals surface area (Å²) >= 11 is 2.75. The Hall–Kier alpha value is -0.620. The van der Waals surface area contributed by atoms with Gasteiger partial charge in [-0.1, -0.05) is 15.9 Å². The Morgan fingerprint density at radius 1 is 1.46 bits per heavy atom. The first-order chi connectivity index (χ1) is 5.96. The van der Waals surface area contributed by atoms with Gasteiger partial charge < -0.3 is 5.11 Å². The molecule has 1 aromatic heterocycles. The molecule has 72 valence electrons. The van der Waals surface area contributed by atoms with Gasteiger partial charge in [-0.05, 0) is 6.07 Å². The average Bonchev–Trinajstić information content (AvgIpc) is 2.01. The molecule has 1 aromatic rings. The van der Waals surface area contributed by atoms with E-state index in [2.05, 4.69) is 20.9 Å². The number of nitrogens with zero attached hydrogens (tertiary/aromatic N) is 1. The van der Waals surface area contributed by atoms with Crippen LogP contribution < -0.4 is 0 Å². The maximum absolute atomic E-state index is 12.3. The van der Waals surface area contributed by atoms with Gasteiger partial charge in [-0.15, -0.1) is 0 Å². The van der Waals surface area contributed by atoms with Gasteiger partial charge >= 0.3 is 6.18 Å². The van der Waals surface area contributed by atoms with Crippen molar-refractivity contribution in [1.82, 2.24) is 4.98 Å². The number of rotatable bonds is 1. The molecule has 0 fully saturated rings. The monoisotopic (exact) mass is 255 g/mol. The van der Waals surface area contributed by atoms with E-state index >= 15 is 0 Å². The standard InChI is InChI=1S/C7H5BrF3NO/c8-4-1-2-12-5(3-13)6(4)7(9,10)11/h1-2,13H,3H2. The van der Waals surface area contributed by atoms with Crippen LogP contribution in [-0.2, 0) is 12.8 Å². The van der Waals surface area contributed by atoms with Crippen LogP contribution >= 0.6 is 15.9 Å². The molecule has 0 radical (unpaired) electrons. The van der Waals surface area contributed by atoms with Gasteiger partial charge in [0.05, 0.1) is 17.9 Å². The second-order valence-corrected chi connectivity index (χ2v) is 3.12. The van der Waals surface area contributed by atoms with Crippen LogP contribution in [0, 0.1) is 0 Å². The third kappa shape index (κ3) is 2.19. The van der Waals surface area contributed by atoms with Gasteiger partial charge in [0, 0.05) is 10.7 Å². The van der Waals surface area contributed by atoms with Gasteiger partial charge in [-0.2, -0.15) is 13.2 Å². The second kappa shape index (κ2) is 3.63. The third-order valence-corrected chi connectivity index (χ3v) is 2.07. The largest absolute Gasteiger partial charge is 0.419 e. The number of hydrogen-bond acceptors (Lipinski definition) is 2. The minimum atomic E-state index is -4.49. The maximum Gasteiger partial charge on any atom is 0.419 e. The molecule has 1 heterocycles. The van der Waals surface area contributed by atoms with E-state index in [4.69, 9.17) is 5.11 Å². The van der Waals surface area contributed by atoms with Gasteiger partial charge in [-0.25, -0.2) is 0 Å². The van der Waals surface area contributed by atoms with E-state index in [9.17, 15) is 13.2 Å². The molecule has 6 heteroatoms. The third-order valence-electron chi connectivity index (χ3n) is 1.41. The Morgan fingerprint density at radius 3 is 2.46 bits per heavy atom. The summed E-state index contributed by atoms with van der Waals surface area (Å²) in [6, 6.07) is 1.18. The fourth-order valence-corrected chi connectivity index (χ4v) is 1.47. The number of aliphatic hydroxyl groups is 1. The lowest BCUT2D eigenvalue weighted by Crippen LogP contribution is -2.11. The summed E-state index contributed by atoms with van der Waals surface area (Å²) in [6.07, 6.45) is -3.30. The Balaban J connectivity index is 3.32. The molecule has 0 aromatic carbocycles. The molecular weight excluding hydrogens is 251 g/mol. The van der Waals surface area contributed by atoms with Crippen LogP contribution in [0.4, 0.5) is 13.2 Å². The summed E-state index contributed by atoms with van der Waals surface area (Å²) in [6.45, 7) is -0.728. The first-order valence-electron chi connectivity index (χ1n) is 3.28. The van der Waals surface area contributed by atoms with Crippen molar-refractivity contribution in [2.24, 2.45) is 0 Å². The molecule has 0 atom stereocenters. The van der Waals surface area contributed by atoms with E-state index in [0.29, 0.717) is 0 Å². The molecule has 13 heavy (non-hydrogen) atoms. The first-order valence-corrected chi connectivity index (χ1v) is 4.07. The predicted octanol–water partition coefficient (Wildman–Crippen LogP) is 2.36. The van der Waals surface area contributed by atoms with E-state index < -0.39 is 18.3 Å². The van der Waals surface area contributed by atoms with Crippen molar-refractivity contribution in [3.8, 4) is 0 Å². The lowest BCUT2D eigenvalue weighted by Gasteiger charge is -2.11. The number of aliphatic hydroxyl groups excluding tert-OH is 1. The van der Waals surface area contributed by atoms with Crippen molar-refractivity contribution in [2.45, 2.75) is 12.8 Å². The normalized spacial score (nSPS) is 11.8. The number of alkyl halides is 3. The van der Waals surface area contributed by atoms with Crippen molar-refractivity contribution in [3.05, 3.63) is 28.0 Å². The molecule has 0 aliphatic heterocycles. The lowest BCUT2D eigenvalue weighted by molar-refractivity contribution is -0.139. The number of halogens is 4. The lowest BCUT2D eigenvalue weighted by atomic mass is 10.2. The summed E-state index contributed by atoms with van der Waals surface area (Å²) in [4.78, 5) is 3.42. The van der Waals surface area contributed by atoms with Crippen LogP contribution in [-0.4, -0.2) is 10.1 Å². The Bertz CT molecular complexity index is 313. The van der Waals surface area contributed by atoms with E-state index in [0.717, 1.165) is 0 Å². The summed E-state index contributed by atoms with van der Waals surface area (Å²) in [5.74, 6) is 0. The highest BCUT2D eigenvalue weighted by Gasteiger charge is 2.36. The van der Waals surface area contributed by atoms with E-state index in [1.54, 1.807) is 0 Å². The molecule has 0 unspecified atom stereocenters. The highest BCUT2D eigenvalue weighted by atomic mass is 79.9. The molecule has 1 rings (SSSR count). The molecule has 0 aliphatic carbocycles. The van der Waals surface area contributed by atoms with E-state index in [1.807, 2.05) is 0 Å². The zero-order valence-electron chi connectivity index (χ0n) is 6.27. The number of aromatic nitrogens is 1. The fraction of sp³-hybridized carbons (Fsp3) is 0.286. The van der Waals surface area contributed by atoms with Crippen LogP contribution in [0.1, 0.15) is 11.3 Å². The van der Waals surface area contributed by atoms with Crippen molar-refractivity contribution >= 4 is 15.9 Å². The van der Waals surface area contributed by atoms with Gasteiger partial charge in [0.25, 0.3) is 0 Å². The minimum absolute atomic E-state index is 0.112. The molecule has 0 saturated heterocycles. The summed E-state index contributed by atoms with van der Waals surface area (Å²) in [5, 5.41) is 8.62. The molecule has 0 amide bonds.